The van der Waals surface area contributed by atoms with Crippen molar-refractivity contribution < 1.29 is 44.5 Å². The van der Waals surface area contributed by atoms with Gasteiger partial charge >= 0.3 is 0 Å². The first kappa shape index (κ1) is 18.3. The lowest BCUT2D eigenvalue weighted by Crippen LogP contribution is -2.59. The van der Waals surface area contributed by atoms with Gasteiger partial charge in [-0.1, -0.05) is 6.07 Å². The molecule has 1 aromatic carbocycles. The van der Waals surface area contributed by atoms with Crippen molar-refractivity contribution >= 4 is 0 Å². The number of hydrogen-bond acceptors (Lipinski definition) is 9. The van der Waals surface area contributed by atoms with Gasteiger partial charge in [-0.05, 0) is 17.7 Å². The Balaban J connectivity index is 1.64. The molecule has 0 aromatic heterocycles. The molecule has 1 saturated heterocycles. The molecule has 0 unspecified atom stereocenters. The molecule has 140 valence electrons. The van der Waals surface area contributed by atoms with Crippen molar-refractivity contribution in [3.05, 3.63) is 23.8 Å². The van der Waals surface area contributed by atoms with E-state index in [1.807, 2.05) is 0 Å². The molecule has 0 radical (unpaired) electrons. The molecular formula is C16H22O9. The molecular weight excluding hydrogens is 336 g/mol. The van der Waals surface area contributed by atoms with Crippen LogP contribution in [-0.4, -0.2) is 82.9 Å². The van der Waals surface area contributed by atoms with Crippen molar-refractivity contribution in [2.24, 2.45) is 0 Å². The van der Waals surface area contributed by atoms with E-state index in [9.17, 15) is 25.5 Å². The van der Waals surface area contributed by atoms with E-state index in [-0.39, 0.29) is 20.0 Å². The SMILES string of the molecule is OC[C@H](CO[C@@H]1O[C@H](CO)[C@@H](O)[C@H](O)[C@H]1O)c1ccc2c(c1)OCO2. The predicted molar refractivity (Wildman–Crippen MR) is 82.1 cm³/mol. The van der Waals surface area contributed by atoms with Crippen LogP contribution >= 0.6 is 0 Å². The third kappa shape index (κ3) is 3.72. The van der Waals surface area contributed by atoms with Crippen LogP contribution in [0.3, 0.4) is 0 Å². The van der Waals surface area contributed by atoms with E-state index < -0.39 is 43.2 Å². The van der Waals surface area contributed by atoms with Crippen molar-refractivity contribution in [2.75, 3.05) is 26.6 Å². The summed E-state index contributed by atoms with van der Waals surface area (Å²) in [5, 5.41) is 48.3. The van der Waals surface area contributed by atoms with E-state index in [1.165, 1.54) is 0 Å². The molecule has 2 aliphatic heterocycles. The summed E-state index contributed by atoms with van der Waals surface area (Å²) in [5.41, 5.74) is 0.747. The highest BCUT2D eigenvalue weighted by Gasteiger charge is 2.44. The maximum atomic E-state index is 9.96. The first-order chi connectivity index (χ1) is 12.0. The number of ether oxygens (including phenoxy) is 4. The van der Waals surface area contributed by atoms with Gasteiger partial charge in [0.15, 0.2) is 17.8 Å². The van der Waals surface area contributed by atoms with Gasteiger partial charge in [0.25, 0.3) is 0 Å². The summed E-state index contributed by atoms with van der Waals surface area (Å²) in [4.78, 5) is 0. The summed E-state index contributed by atoms with van der Waals surface area (Å²) in [6.45, 7) is -0.629. The van der Waals surface area contributed by atoms with Crippen LogP contribution in [0.1, 0.15) is 11.5 Å². The van der Waals surface area contributed by atoms with Gasteiger partial charge in [-0.2, -0.15) is 0 Å². The van der Waals surface area contributed by atoms with Gasteiger partial charge in [0, 0.05) is 5.92 Å². The molecule has 5 N–H and O–H groups in total. The molecule has 0 bridgehead atoms. The summed E-state index contributed by atoms with van der Waals surface area (Å²) >= 11 is 0. The normalized spacial score (nSPS) is 32.6. The number of aliphatic hydroxyl groups is 5. The molecule has 3 rings (SSSR count). The van der Waals surface area contributed by atoms with Crippen LogP contribution in [0, 0.1) is 0 Å². The lowest BCUT2D eigenvalue weighted by molar-refractivity contribution is -0.302. The van der Waals surface area contributed by atoms with Gasteiger partial charge < -0.3 is 44.5 Å². The largest absolute Gasteiger partial charge is 0.454 e. The van der Waals surface area contributed by atoms with E-state index in [0.717, 1.165) is 5.56 Å². The zero-order valence-electron chi connectivity index (χ0n) is 13.4. The second kappa shape index (κ2) is 7.83. The fourth-order valence-electron chi connectivity index (χ4n) is 2.84. The highest BCUT2D eigenvalue weighted by atomic mass is 16.7. The molecule has 0 amide bonds. The minimum Gasteiger partial charge on any atom is -0.454 e. The minimum absolute atomic E-state index is 0.0150. The molecule has 0 spiro atoms. The summed E-state index contributed by atoms with van der Waals surface area (Å²) < 4.78 is 21.3. The molecule has 0 aliphatic carbocycles. The van der Waals surface area contributed by atoms with Crippen LogP contribution in [-0.2, 0) is 9.47 Å². The fourth-order valence-corrected chi connectivity index (χ4v) is 2.84. The Morgan fingerprint density at radius 1 is 1.04 bits per heavy atom. The van der Waals surface area contributed by atoms with E-state index in [0.29, 0.717) is 11.5 Å². The summed E-state index contributed by atoms with van der Waals surface area (Å²) in [6.07, 6.45) is -6.70. The van der Waals surface area contributed by atoms with Crippen LogP contribution in [0.25, 0.3) is 0 Å². The number of benzene rings is 1. The standard InChI is InChI=1S/C16H22O9/c17-4-9(8-1-2-10-11(3-8)24-7-23-10)6-22-16-15(21)14(20)13(19)12(5-18)25-16/h1-3,9,12-21H,4-7H2/t9-,12-,13-,14+,15-,16-/m1/s1. The Kier molecular flexibility index (Phi) is 5.74. The molecule has 2 aliphatic rings. The maximum Gasteiger partial charge on any atom is 0.231 e. The van der Waals surface area contributed by atoms with Gasteiger partial charge in [-0.3, -0.25) is 0 Å². The Morgan fingerprint density at radius 2 is 1.80 bits per heavy atom. The molecule has 9 heteroatoms. The highest BCUT2D eigenvalue weighted by molar-refractivity contribution is 5.45. The van der Waals surface area contributed by atoms with Crippen molar-refractivity contribution in [3.8, 4) is 11.5 Å². The zero-order valence-corrected chi connectivity index (χ0v) is 13.4. The van der Waals surface area contributed by atoms with Gasteiger partial charge in [0.2, 0.25) is 6.79 Å². The van der Waals surface area contributed by atoms with Crippen LogP contribution in [0.5, 0.6) is 11.5 Å². The summed E-state index contributed by atoms with van der Waals surface area (Å²) in [5.74, 6) is 0.765. The van der Waals surface area contributed by atoms with E-state index >= 15 is 0 Å². The van der Waals surface area contributed by atoms with Crippen LogP contribution < -0.4 is 9.47 Å². The number of hydrogen-bond donors (Lipinski definition) is 5. The van der Waals surface area contributed by atoms with Crippen LogP contribution in [0.2, 0.25) is 0 Å². The monoisotopic (exact) mass is 358 g/mol. The smallest absolute Gasteiger partial charge is 0.231 e. The van der Waals surface area contributed by atoms with E-state index in [1.54, 1.807) is 18.2 Å². The van der Waals surface area contributed by atoms with Gasteiger partial charge in [0.05, 0.1) is 19.8 Å². The van der Waals surface area contributed by atoms with E-state index in [4.69, 9.17) is 18.9 Å². The summed E-state index contributed by atoms with van der Waals surface area (Å²) in [6, 6.07) is 5.24. The lowest BCUT2D eigenvalue weighted by Gasteiger charge is -2.39. The average molecular weight is 358 g/mol. The highest BCUT2D eigenvalue weighted by Crippen LogP contribution is 2.35. The molecule has 0 saturated carbocycles. The number of aliphatic hydroxyl groups excluding tert-OH is 5. The molecule has 1 fully saturated rings. The fraction of sp³-hybridized carbons (Fsp3) is 0.625. The topological polar surface area (TPSA) is 138 Å². The Morgan fingerprint density at radius 3 is 2.52 bits per heavy atom. The van der Waals surface area contributed by atoms with E-state index in [2.05, 4.69) is 0 Å². The molecule has 2 heterocycles. The van der Waals surface area contributed by atoms with Gasteiger partial charge in [0.1, 0.15) is 24.4 Å². The Labute approximate surface area is 143 Å². The molecule has 1 aromatic rings. The number of rotatable bonds is 6. The second-order valence-corrected chi connectivity index (χ2v) is 6.02. The predicted octanol–water partition coefficient (Wildman–Crippen LogP) is -1.69. The summed E-state index contributed by atoms with van der Waals surface area (Å²) in [7, 11) is 0. The minimum atomic E-state index is -1.51. The van der Waals surface area contributed by atoms with Crippen molar-refractivity contribution in [1.82, 2.24) is 0 Å². The van der Waals surface area contributed by atoms with Crippen molar-refractivity contribution in [1.29, 1.82) is 0 Å². The van der Waals surface area contributed by atoms with Crippen molar-refractivity contribution in [2.45, 2.75) is 36.6 Å². The lowest BCUT2D eigenvalue weighted by atomic mass is 9.98. The van der Waals surface area contributed by atoms with Crippen LogP contribution in [0.15, 0.2) is 18.2 Å². The van der Waals surface area contributed by atoms with Crippen molar-refractivity contribution in [3.63, 3.8) is 0 Å². The van der Waals surface area contributed by atoms with Crippen LogP contribution in [0.4, 0.5) is 0 Å². The average Bonchev–Trinajstić information content (AvgIpc) is 3.10. The molecule has 9 nitrogen and oxygen atoms in total. The number of fused-ring (bicyclic) bond motifs is 1. The third-order valence-electron chi connectivity index (χ3n) is 4.40. The third-order valence-corrected chi connectivity index (χ3v) is 4.40. The quantitative estimate of drug-likeness (QED) is 0.403. The molecule has 25 heavy (non-hydrogen) atoms. The first-order valence-electron chi connectivity index (χ1n) is 7.97. The zero-order chi connectivity index (χ0) is 18.0. The first-order valence-corrected chi connectivity index (χ1v) is 7.97. The molecule has 6 atom stereocenters. The maximum absolute atomic E-state index is 9.96. The van der Waals surface area contributed by atoms with Gasteiger partial charge in [-0.15, -0.1) is 0 Å². The Bertz CT molecular complexity index is 579. The van der Waals surface area contributed by atoms with Gasteiger partial charge in [-0.25, -0.2) is 0 Å². The second-order valence-electron chi connectivity index (χ2n) is 6.02. The Hall–Kier alpha value is -1.46.